The van der Waals surface area contributed by atoms with Crippen LogP contribution in [0.15, 0.2) is 95.4 Å². The molecule has 2 aliphatic heterocycles. The molecule has 1 amide bonds. The standard InChI is InChI=1S/C38H32N2O12.3Na/c1-21(26(25-15-16-29-30(18-25)49-20-48-29)9-6-12-31-39-27-10-4-5-11-28(27)50-31)40(19-22-13-14-23-7-2-3-8-24(23)17-22)34(41)32-33(35(42)43)52-38(51-32,36(44)45)37(46)47;;;/h2-8,10-18,21,26,32-33H,9,19-20H2,1H3,(H,42,43)(H,44,45)(H,46,47);;;/q;3*+1/p-3/b12-6+;;;/t21-,26+,32+,33+;;;/m1.../s1. The van der Waals surface area contributed by atoms with Gasteiger partial charge in [-0.25, -0.2) is 4.98 Å². The summed E-state index contributed by atoms with van der Waals surface area (Å²) in [6.45, 7) is 1.60. The third-order valence-electron chi connectivity index (χ3n) is 9.18. The largest absolute Gasteiger partial charge is 1.00 e. The number of carboxylic acids is 3. The quantitative estimate of drug-likeness (QED) is 0.0855. The number of aliphatic carboxylic acids is 3. The number of hydrogen-bond donors (Lipinski definition) is 0. The predicted molar refractivity (Wildman–Crippen MR) is 174 cm³/mol. The number of nitrogens with zero attached hydrogens (tertiary/aromatic N) is 2. The number of carbonyl (C=O) groups excluding carboxylic acids is 4. The SMILES string of the molecule is C[C@H]([C@H](C/C=C/c1nc2ccccc2o1)c1ccc2c(c1)OCO2)N(Cc1ccc2ccccc2c1)C(=O)[C@H]1OC(C(=O)[O-])(C(=O)[O-])O[C@@H]1C(=O)[O-].[Na+].[Na+].[Na+]. The molecule has 0 radical (unpaired) electrons. The molecule has 1 saturated heterocycles. The van der Waals surface area contributed by atoms with E-state index in [0.29, 0.717) is 39.6 Å². The topological polar surface area (TPSA) is 204 Å². The van der Waals surface area contributed by atoms with Crippen molar-refractivity contribution in [3.05, 3.63) is 108 Å². The fraction of sp³-hybridized carbons (Fsp3) is 0.237. The Kier molecular flexibility index (Phi) is 15.2. The van der Waals surface area contributed by atoms with Crippen molar-refractivity contribution < 1.29 is 147 Å². The zero-order valence-corrected chi connectivity index (χ0v) is 36.5. The number of para-hydroxylation sites is 2. The number of carboxylic acid groups (broad SMARTS) is 3. The van der Waals surface area contributed by atoms with E-state index in [1.807, 2.05) is 60.7 Å². The molecule has 0 unspecified atom stereocenters. The molecule has 0 saturated carbocycles. The van der Waals surface area contributed by atoms with E-state index >= 15 is 0 Å². The molecule has 14 nitrogen and oxygen atoms in total. The van der Waals surface area contributed by atoms with Crippen molar-refractivity contribution in [2.24, 2.45) is 0 Å². The number of benzene rings is 4. The third-order valence-corrected chi connectivity index (χ3v) is 9.18. The Bertz CT molecular complexity index is 2200. The average Bonchev–Trinajstić information content (AvgIpc) is 3.89. The number of hydrogen-bond acceptors (Lipinski definition) is 13. The van der Waals surface area contributed by atoms with Gasteiger partial charge in [-0.2, -0.15) is 0 Å². The molecule has 4 atom stereocenters. The Morgan fingerprint density at radius 3 is 2.22 bits per heavy atom. The second kappa shape index (κ2) is 18.8. The second-order valence-corrected chi connectivity index (χ2v) is 12.4. The maximum atomic E-state index is 14.5. The number of amides is 1. The first kappa shape index (κ1) is 44.5. The van der Waals surface area contributed by atoms with Gasteiger partial charge in [-0.1, -0.05) is 60.7 Å². The summed E-state index contributed by atoms with van der Waals surface area (Å²) in [5.74, 6) is -10.9. The van der Waals surface area contributed by atoms with Crippen LogP contribution in [0.25, 0.3) is 27.9 Å². The van der Waals surface area contributed by atoms with Crippen molar-refractivity contribution in [3.8, 4) is 11.5 Å². The Labute approximate surface area is 380 Å². The summed E-state index contributed by atoms with van der Waals surface area (Å²) in [4.78, 5) is 56.4. The zero-order valence-electron chi connectivity index (χ0n) is 30.5. The maximum absolute atomic E-state index is 14.5. The van der Waals surface area contributed by atoms with E-state index < -0.39 is 53.8 Å². The van der Waals surface area contributed by atoms with Gasteiger partial charge in [-0.3, -0.25) is 4.79 Å². The summed E-state index contributed by atoms with van der Waals surface area (Å²) < 4.78 is 26.9. The molecule has 55 heavy (non-hydrogen) atoms. The molecule has 0 spiro atoms. The van der Waals surface area contributed by atoms with Gasteiger partial charge >= 0.3 is 88.7 Å². The number of rotatable bonds is 12. The van der Waals surface area contributed by atoms with Crippen molar-refractivity contribution in [2.75, 3.05) is 6.79 Å². The molecule has 1 aromatic heterocycles. The Balaban J connectivity index is 0.00000224. The van der Waals surface area contributed by atoms with Crippen LogP contribution in [0.2, 0.25) is 0 Å². The van der Waals surface area contributed by atoms with Crippen LogP contribution in [0.3, 0.4) is 0 Å². The van der Waals surface area contributed by atoms with E-state index in [1.165, 1.54) is 4.90 Å². The number of oxazole rings is 1. The average molecular weight is 775 g/mol. The predicted octanol–water partition coefficient (Wildman–Crippen LogP) is -7.94. The van der Waals surface area contributed by atoms with Crippen molar-refractivity contribution in [3.63, 3.8) is 0 Å². The molecule has 2 aliphatic rings. The molecule has 0 bridgehead atoms. The maximum Gasteiger partial charge on any atom is 1.00 e. The summed E-state index contributed by atoms with van der Waals surface area (Å²) >= 11 is 0. The fourth-order valence-electron chi connectivity index (χ4n) is 6.51. The van der Waals surface area contributed by atoms with Gasteiger partial charge in [0.05, 0.1) is 5.97 Å². The molecular formula is C38H29N2Na3O12. The van der Waals surface area contributed by atoms with Gasteiger partial charge in [0.2, 0.25) is 12.7 Å². The summed E-state index contributed by atoms with van der Waals surface area (Å²) in [6, 6.07) is 24.8. The summed E-state index contributed by atoms with van der Waals surface area (Å²) in [5.41, 5.74) is 2.59. The smallest absolute Gasteiger partial charge is 0.547 e. The molecule has 3 heterocycles. The minimum Gasteiger partial charge on any atom is -0.547 e. The Hall–Kier alpha value is -3.25. The molecule has 0 aliphatic carbocycles. The molecule has 4 aromatic carbocycles. The molecule has 7 rings (SSSR count). The number of carbonyl (C=O) groups is 4. The van der Waals surface area contributed by atoms with Crippen LogP contribution in [-0.4, -0.2) is 64.5 Å². The van der Waals surface area contributed by atoms with Gasteiger partial charge in [0.15, 0.2) is 23.2 Å². The van der Waals surface area contributed by atoms with Gasteiger partial charge in [0.25, 0.3) is 11.7 Å². The van der Waals surface area contributed by atoms with Crippen LogP contribution in [0.1, 0.15) is 36.3 Å². The fourth-order valence-corrected chi connectivity index (χ4v) is 6.51. The van der Waals surface area contributed by atoms with E-state index in [-0.39, 0.29) is 108 Å². The van der Waals surface area contributed by atoms with E-state index in [0.717, 1.165) is 10.8 Å². The molecule has 0 N–H and O–H groups in total. The van der Waals surface area contributed by atoms with Crippen LogP contribution in [-0.2, 0) is 35.2 Å². The van der Waals surface area contributed by atoms with Crippen LogP contribution in [0.5, 0.6) is 11.5 Å². The molecule has 266 valence electrons. The molecule has 17 heteroatoms. The van der Waals surface area contributed by atoms with Crippen molar-refractivity contribution in [1.82, 2.24) is 9.88 Å². The van der Waals surface area contributed by atoms with Crippen LogP contribution < -0.4 is 113 Å². The van der Waals surface area contributed by atoms with Gasteiger partial charge in [-0.05, 0) is 71.7 Å². The van der Waals surface area contributed by atoms with Gasteiger partial charge in [-0.15, -0.1) is 0 Å². The van der Waals surface area contributed by atoms with E-state index in [1.54, 1.807) is 43.3 Å². The zero-order chi connectivity index (χ0) is 36.6. The molecule has 1 fully saturated rings. The summed E-state index contributed by atoms with van der Waals surface area (Å²) in [7, 11) is 0. The first-order chi connectivity index (χ1) is 25.0. The first-order valence-corrected chi connectivity index (χ1v) is 16.2. The normalized spacial score (nSPS) is 17.8. The van der Waals surface area contributed by atoms with Crippen molar-refractivity contribution in [2.45, 2.75) is 49.8 Å². The van der Waals surface area contributed by atoms with Crippen molar-refractivity contribution >= 4 is 51.8 Å². The third kappa shape index (κ3) is 9.16. The second-order valence-electron chi connectivity index (χ2n) is 12.4. The van der Waals surface area contributed by atoms with E-state index in [9.17, 15) is 34.5 Å². The monoisotopic (exact) mass is 774 g/mol. The number of fused-ring (bicyclic) bond motifs is 3. The first-order valence-electron chi connectivity index (χ1n) is 16.2. The van der Waals surface area contributed by atoms with E-state index in [2.05, 4.69) is 4.98 Å². The van der Waals surface area contributed by atoms with Crippen LogP contribution in [0, 0.1) is 0 Å². The summed E-state index contributed by atoms with van der Waals surface area (Å²) in [6.07, 6.45) is -0.925. The number of allylic oxidation sites excluding steroid dienone is 1. The van der Waals surface area contributed by atoms with Crippen LogP contribution >= 0.6 is 0 Å². The van der Waals surface area contributed by atoms with Crippen molar-refractivity contribution in [1.29, 1.82) is 0 Å². The Morgan fingerprint density at radius 2 is 1.51 bits per heavy atom. The molecule has 5 aromatic rings. The Morgan fingerprint density at radius 1 is 0.836 bits per heavy atom. The van der Waals surface area contributed by atoms with Gasteiger partial charge in [0.1, 0.15) is 23.6 Å². The minimum absolute atomic E-state index is 0. The number of aromatic nitrogens is 1. The van der Waals surface area contributed by atoms with Crippen LogP contribution in [0.4, 0.5) is 0 Å². The summed E-state index contributed by atoms with van der Waals surface area (Å²) in [5, 5.41) is 37.8. The van der Waals surface area contributed by atoms with Gasteiger partial charge < -0.3 is 58.0 Å². The minimum atomic E-state index is -3.68. The van der Waals surface area contributed by atoms with Gasteiger partial charge in [0, 0.05) is 18.5 Å². The number of ether oxygens (including phenoxy) is 4. The van der Waals surface area contributed by atoms with E-state index in [4.69, 9.17) is 23.4 Å². The molecular weight excluding hydrogens is 745 g/mol.